The molecule has 0 aliphatic carbocycles. The Morgan fingerprint density at radius 1 is 0.892 bits per heavy atom. The Morgan fingerprint density at radius 2 is 1.46 bits per heavy atom. The smallest absolute Gasteiger partial charge is 0.481 e. The summed E-state index contributed by atoms with van der Waals surface area (Å²) < 4.78 is 36.9. The first-order chi connectivity index (χ1) is 17.2. The highest BCUT2D eigenvalue weighted by molar-refractivity contribution is 7.49. The maximum atomic E-state index is 13.8. The zero-order valence-corrected chi connectivity index (χ0v) is 24.7. The van der Waals surface area contributed by atoms with Gasteiger partial charge in [-0.2, -0.15) is 0 Å². The van der Waals surface area contributed by atoms with E-state index in [1.54, 1.807) is 20.8 Å². The lowest BCUT2D eigenvalue weighted by Crippen LogP contribution is -2.62. The predicted octanol–water partition coefficient (Wildman–Crippen LogP) is 7.79. The number of ketones is 1. The van der Waals surface area contributed by atoms with Gasteiger partial charge in [0, 0.05) is 5.56 Å². The van der Waals surface area contributed by atoms with Crippen LogP contribution in [0, 0.1) is 38.5 Å². The fraction of sp³-hybridized carbons (Fsp3) is 0.759. The number of carbonyl (C=O) groups excluding carboxylic acids is 1. The van der Waals surface area contributed by atoms with Crippen molar-refractivity contribution in [2.75, 3.05) is 0 Å². The number of phosphoric acid groups is 1. The van der Waals surface area contributed by atoms with E-state index in [0.29, 0.717) is 40.3 Å². The third-order valence-corrected chi connectivity index (χ3v) is 10.2. The first-order valence-corrected chi connectivity index (χ1v) is 15.5. The van der Waals surface area contributed by atoms with Gasteiger partial charge < -0.3 is 9.84 Å². The first-order valence-electron chi connectivity index (χ1n) is 14.0. The Morgan fingerprint density at radius 3 is 2.05 bits per heavy atom. The van der Waals surface area contributed by atoms with Crippen molar-refractivity contribution < 1.29 is 32.8 Å². The van der Waals surface area contributed by atoms with Gasteiger partial charge in [-0.15, -0.1) is 0 Å². The molecule has 3 fully saturated rings. The Balaban J connectivity index is 1.45. The highest BCUT2D eigenvalue weighted by atomic mass is 31.2. The van der Waals surface area contributed by atoms with Crippen LogP contribution in [-0.2, 0) is 28.7 Å². The molecule has 0 saturated carbocycles. The van der Waals surface area contributed by atoms with Crippen LogP contribution in [0.25, 0.3) is 0 Å². The lowest BCUT2D eigenvalue weighted by molar-refractivity contribution is -0.226. The molecule has 4 aliphatic heterocycles. The van der Waals surface area contributed by atoms with E-state index < -0.39 is 31.1 Å². The van der Waals surface area contributed by atoms with Crippen LogP contribution in [0.3, 0.4) is 0 Å². The van der Waals surface area contributed by atoms with E-state index in [1.165, 1.54) is 32.1 Å². The lowest BCUT2D eigenvalue weighted by Gasteiger charge is -2.47. The number of hydrogen-bond donors (Lipinski definition) is 1. The third-order valence-electron chi connectivity index (χ3n) is 8.75. The molecule has 5 rings (SSSR count). The molecule has 3 bridgehead atoms. The Labute approximate surface area is 222 Å². The van der Waals surface area contributed by atoms with Crippen molar-refractivity contribution in [2.24, 2.45) is 17.8 Å². The quantitative estimate of drug-likeness (QED) is 0.289. The summed E-state index contributed by atoms with van der Waals surface area (Å²) in [6.07, 6.45) is 7.92. The van der Waals surface area contributed by atoms with Crippen molar-refractivity contribution >= 4 is 13.6 Å². The zero-order chi connectivity index (χ0) is 27.3. The van der Waals surface area contributed by atoms with Crippen molar-refractivity contribution in [3.63, 3.8) is 0 Å². The topological polar surface area (TPSA) is 91.3 Å². The summed E-state index contributed by atoms with van der Waals surface area (Å²) in [5, 5.41) is 10.6. The van der Waals surface area contributed by atoms with Crippen LogP contribution >= 0.6 is 7.82 Å². The number of phenols is 1. The molecule has 37 heavy (non-hydrogen) atoms. The van der Waals surface area contributed by atoms with E-state index in [9.17, 15) is 14.5 Å². The van der Waals surface area contributed by atoms with Crippen LogP contribution in [0.4, 0.5) is 0 Å². The average Bonchev–Trinajstić information content (AvgIpc) is 2.87. The van der Waals surface area contributed by atoms with E-state index in [0.717, 1.165) is 24.7 Å². The highest BCUT2D eigenvalue weighted by Crippen LogP contribution is 2.75. The molecule has 8 heteroatoms. The van der Waals surface area contributed by atoms with Gasteiger partial charge in [-0.3, -0.25) is 9.32 Å². The van der Waals surface area contributed by atoms with E-state index in [-0.39, 0.29) is 5.75 Å². The van der Waals surface area contributed by atoms with Crippen LogP contribution in [0.1, 0.15) is 108 Å². The van der Waals surface area contributed by atoms with Crippen molar-refractivity contribution in [3.05, 3.63) is 22.3 Å². The number of fused-ring (bicyclic) bond motifs is 2. The standard InChI is InChI=1S/C29H45O7P/c1-17(2)11-9-12-18(3)13-10-14-19(4)15-16-23-28(8)27(31)29(35-37(32,34-23)36-29)24-22(7)25(30)20(5)21(6)26(24)33-28/h17-19,23,30H,9-16H2,1-8H3/t18-,19+,23?,28-,29?,37?/m0/s1. The molecule has 4 aliphatic rings. The van der Waals surface area contributed by atoms with Gasteiger partial charge in [0.2, 0.25) is 5.78 Å². The molecule has 0 amide bonds. The molecule has 1 spiro atoms. The predicted molar refractivity (Wildman–Crippen MR) is 143 cm³/mol. The molecule has 4 atom stereocenters. The second kappa shape index (κ2) is 10.3. The van der Waals surface area contributed by atoms with Crippen molar-refractivity contribution in [2.45, 2.75) is 124 Å². The van der Waals surface area contributed by atoms with Crippen molar-refractivity contribution in [1.29, 1.82) is 0 Å². The number of ether oxygens (including phenoxy) is 1. The van der Waals surface area contributed by atoms with Gasteiger partial charge in [-0.1, -0.05) is 66.2 Å². The number of phenolic OH excluding ortho intramolecular Hbond substituents is 1. The molecule has 3 saturated heterocycles. The van der Waals surface area contributed by atoms with Gasteiger partial charge in [0.25, 0.3) is 5.79 Å². The lowest BCUT2D eigenvalue weighted by atomic mass is 9.77. The maximum Gasteiger partial charge on any atom is 0.481 e. The van der Waals surface area contributed by atoms with Crippen LogP contribution in [-0.4, -0.2) is 22.6 Å². The molecular weight excluding hydrogens is 491 g/mol. The van der Waals surface area contributed by atoms with Crippen LogP contribution < -0.4 is 4.74 Å². The molecule has 0 aromatic heterocycles. The van der Waals surface area contributed by atoms with Gasteiger partial charge in [-0.05, 0) is 69.4 Å². The average molecular weight is 537 g/mol. The third kappa shape index (κ3) is 5.02. The molecule has 4 heterocycles. The fourth-order valence-corrected chi connectivity index (χ4v) is 7.77. The number of carbonyl (C=O) groups is 1. The minimum atomic E-state index is -3.91. The summed E-state index contributed by atoms with van der Waals surface area (Å²) in [6, 6.07) is 0. The Bertz CT molecular complexity index is 1090. The monoisotopic (exact) mass is 536 g/mol. The number of Topliss-reactive ketones (excluding diaryl/α,β-unsaturated/α-hetero) is 1. The van der Waals surface area contributed by atoms with Gasteiger partial charge in [0.15, 0.2) is 5.60 Å². The van der Waals surface area contributed by atoms with Gasteiger partial charge in [0.05, 0.1) is 5.56 Å². The summed E-state index contributed by atoms with van der Waals surface area (Å²) in [7, 11) is -3.91. The molecule has 0 radical (unpaired) electrons. The molecule has 1 aromatic carbocycles. The molecular formula is C29H45O7P. The largest absolute Gasteiger partial charge is 0.507 e. The van der Waals surface area contributed by atoms with E-state index in [4.69, 9.17) is 18.3 Å². The Hall–Kier alpha value is -1.40. The SMILES string of the molecule is Cc1c(C)c2c(c(C)c1O)C13OP(=O)(OC(CC[C@H](C)CCC[C@@H](C)CCCC(C)C)[C@](C)(O2)C1=O)O3. The van der Waals surface area contributed by atoms with Gasteiger partial charge in [-0.25, -0.2) is 13.6 Å². The fourth-order valence-electron chi connectivity index (χ4n) is 6.08. The highest BCUT2D eigenvalue weighted by Gasteiger charge is 2.76. The van der Waals surface area contributed by atoms with Crippen LogP contribution in [0.15, 0.2) is 0 Å². The number of aromatic hydroxyl groups is 1. The zero-order valence-electron chi connectivity index (χ0n) is 23.8. The summed E-state index contributed by atoms with van der Waals surface area (Å²) in [5.41, 5.74) is 0.657. The molecule has 1 unspecified atom stereocenters. The number of rotatable bonds is 11. The second-order valence-electron chi connectivity index (χ2n) is 12.3. The number of benzene rings is 1. The van der Waals surface area contributed by atoms with Crippen molar-refractivity contribution in [3.8, 4) is 11.5 Å². The van der Waals surface area contributed by atoms with Crippen LogP contribution in [0.5, 0.6) is 11.5 Å². The Kier molecular flexibility index (Phi) is 7.96. The first kappa shape index (κ1) is 28.6. The van der Waals surface area contributed by atoms with Crippen LogP contribution in [0.2, 0.25) is 0 Å². The van der Waals surface area contributed by atoms with Gasteiger partial charge in [0.1, 0.15) is 17.6 Å². The number of phosphoric ester groups is 1. The van der Waals surface area contributed by atoms with E-state index >= 15 is 0 Å². The molecule has 208 valence electrons. The minimum Gasteiger partial charge on any atom is -0.507 e. The number of hydrogen-bond acceptors (Lipinski definition) is 7. The van der Waals surface area contributed by atoms with Crippen molar-refractivity contribution in [1.82, 2.24) is 0 Å². The molecule has 1 aromatic rings. The maximum absolute atomic E-state index is 13.8. The van der Waals surface area contributed by atoms with E-state index in [2.05, 4.69) is 27.7 Å². The van der Waals surface area contributed by atoms with Gasteiger partial charge >= 0.3 is 7.82 Å². The minimum absolute atomic E-state index is 0.0457. The summed E-state index contributed by atoms with van der Waals surface area (Å²) >= 11 is 0. The second-order valence-corrected chi connectivity index (χ2v) is 13.8. The normalized spacial score (nSPS) is 31.8. The summed E-state index contributed by atoms with van der Waals surface area (Å²) in [5.74, 6) is 0.0876. The van der Waals surface area contributed by atoms with E-state index in [1.807, 2.05) is 6.92 Å². The molecule has 1 N–H and O–H groups in total. The summed E-state index contributed by atoms with van der Waals surface area (Å²) in [6.45, 7) is 16.1. The summed E-state index contributed by atoms with van der Waals surface area (Å²) in [4.78, 5) is 13.8. The molecule has 7 nitrogen and oxygen atoms in total.